The van der Waals surface area contributed by atoms with E-state index in [4.69, 9.17) is 0 Å². The molecule has 0 saturated heterocycles. The van der Waals surface area contributed by atoms with Gasteiger partial charge in [-0.15, -0.1) is 0 Å². The van der Waals surface area contributed by atoms with Crippen LogP contribution in [0.15, 0.2) is 46.9 Å². The lowest BCUT2D eigenvalue weighted by atomic mass is 10.1. The highest BCUT2D eigenvalue weighted by Gasteiger charge is 2.17. The predicted octanol–water partition coefficient (Wildman–Crippen LogP) is 4.35. The molecule has 0 fully saturated rings. The molecule has 0 aliphatic heterocycles. The fourth-order valence-electron chi connectivity index (χ4n) is 2.00. The first kappa shape index (κ1) is 15.6. The Morgan fingerprint density at radius 2 is 2.05 bits per heavy atom. The number of hydrogen-bond donors (Lipinski definition) is 1. The number of nitrogens with zero attached hydrogens (tertiary/aromatic N) is 1. The van der Waals surface area contributed by atoms with Crippen molar-refractivity contribution in [3.8, 4) is 0 Å². The number of halogens is 2. The lowest BCUT2D eigenvalue weighted by molar-refractivity contribution is -0.387. The maximum Gasteiger partial charge on any atom is 0.305 e. The molecule has 0 radical (unpaired) electrons. The third-order valence-electron chi connectivity index (χ3n) is 3.20. The summed E-state index contributed by atoms with van der Waals surface area (Å²) in [6, 6.07) is 12.0. The molecule has 0 heterocycles. The van der Waals surface area contributed by atoms with Crippen LogP contribution in [0, 0.1) is 15.9 Å². The van der Waals surface area contributed by atoms with Crippen LogP contribution < -0.4 is 5.32 Å². The molecule has 2 aromatic carbocycles. The number of benzene rings is 2. The van der Waals surface area contributed by atoms with Crippen molar-refractivity contribution < 1.29 is 9.31 Å². The van der Waals surface area contributed by atoms with E-state index in [1.54, 1.807) is 6.07 Å². The van der Waals surface area contributed by atoms with Crippen LogP contribution in [0.25, 0.3) is 0 Å². The quantitative estimate of drug-likeness (QED) is 0.642. The van der Waals surface area contributed by atoms with Gasteiger partial charge in [0.1, 0.15) is 0 Å². The Kier molecular flexibility index (Phi) is 5.03. The van der Waals surface area contributed by atoms with Crippen molar-refractivity contribution in [2.75, 3.05) is 0 Å². The van der Waals surface area contributed by atoms with E-state index in [9.17, 15) is 14.5 Å². The molecular weight excluding hydrogens is 339 g/mol. The van der Waals surface area contributed by atoms with Crippen molar-refractivity contribution in [2.45, 2.75) is 19.5 Å². The fourth-order valence-corrected chi connectivity index (χ4v) is 2.42. The molecule has 6 heteroatoms. The van der Waals surface area contributed by atoms with E-state index >= 15 is 0 Å². The Hall–Kier alpha value is -1.79. The molecule has 0 spiro atoms. The summed E-state index contributed by atoms with van der Waals surface area (Å²) in [5.74, 6) is -0.781. The summed E-state index contributed by atoms with van der Waals surface area (Å²) in [7, 11) is 0. The molecule has 4 nitrogen and oxygen atoms in total. The molecule has 21 heavy (non-hydrogen) atoms. The van der Waals surface area contributed by atoms with Crippen molar-refractivity contribution in [1.82, 2.24) is 5.32 Å². The Morgan fingerprint density at radius 1 is 1.33 bits per heavy atom. The third-order valence-corrected chi connectivity index (χ3v) is 3.70. The zero-order valence-corrected chi connectivity index (χ0v) is 12.9. The first-order valence-corrected chi connectivity index (χ1v) is 7.19. The van der Waals surface area contributed by atoms with Crippen LogP contribution >= 0.6 is 15.9 Å². The number of nitro groups is 1. The van der Waals surface area contributed by atoms with E-state index in [1.165, 1.54) is 6.07 Å². The van der Waals surface area contributed by atoms with Crippen molar-refractivity contribution in [3.63, 3.8) is 0 Å². The van der Waals surface area contributed by atoms with Gasteiger partial charge in [0.15, 0.2) is 0 Å². The third kappa shape index (κ3) is 3.86. The Balaban J connectivity index is 2.10. The first-order valence-electron chi connectivity index (χ1n) is 6.39. The Bertz CT molecular complexity index is 664. The fraction of sp³-hybridized carbons (Fsp3) is 0.200. The first-order chi connectivity index (χ1) is 9.99. The van der Waals surface area contributed by atoms with Gasteiger partial charge in [0.2, 0.25) is 5.82 Å². The lowest BCUT2D eigenvalue weighted by Crippen LogP contribution is -2.19. The molecule has 0 bridgehead atoms. The zero-order chi connectivity index (χ0) is 15.4. The second-order valence-corrected chi connectivity index (χ2v) is 5.58. The lowest BCUT2D eigenvalue weighted by Gasteiger charge is -2.15. The number of nitrogens with one attached hydrogen (secondary N) is 1. The summed E-state index contributed by atoms with van der Waals surface area (Å²) in [5, 5.41) is 13.9. The summed E-state index contributed by atoms with van der Waals surface area (Å²) in [6.45, 7) is 2.18. The van der Waals surface area contributed by atoms with Gasteiger partial charge in [-0.1, -0.05) is 40.2 Å². The highest BCUT2D eigenvalue weighted by atomic mass is 79.9. The van der Waals surface area contributed by atoms with Crippen LogP contribution in [0.4, 0.5) is 10.1 Å². The molecule has 0 saturated carbocycles. The molecule has 2 rings (SSSR count). The van der Waals surface area contributed by atoms with Crippen molar-refractivity contribution >= 4 is 21.6 Å². The van der Waals surface area contributed by atoms with E-state index in [2.05, 4.69) is 21.2 Å². The highest BCUT2D eigenvalue weighted by Crippen LogP contribution is 2.22. The summed E-state index contributed by atoms with van der Waals surface area (Å²) >= 11 is 3.40. The van der Waals surface area contributed by atoms with Gasteiger partial charge in [0.05, 0.1) is 4.92 Å². The van der Waals surface area contributed by atoms with Crippen LogP contribution in [0.5, 0.6) is 0 Å². The minimum absolute atomic E-state index is 0.00108. The maximum absolute atomic E-state index is 14.0. The van der Waals surface area contributed by atoms with Gasteiger partial charge in [-0.05, 0) is 24.6 Å². The summed E-state index contributed by atoms with van der Waals surface area (Å²) in [6.07, 6.45) is 0. The summed E-state index contributed by atoms with van der Waals surface area (Å²) in [4.78, 5) is 10.00. The molecule has 2 aromatic rings. The Morgan fingerprint density at radius 3 is 2.71 bits per heavy atom. The van der Waals surface area contributed by atoms with Crippen LogP contribution in [0.2, 0.25) is 0 Å². The molecule has 1 atom stereocenters. The van der Waals surface area contributed by atoms with Gasteiger partial charge >= 0.3 is 5.69 Å². The second kappa shape index (κ2) is 6.78. The summed E-state index contributed by atoms with van der Waals surface area (Å²) < 4.78 is 14.9. The molecule has 110 valence electrons. The van der Waals surface area contributed by atoms with Crippen LogP contribution in [-0.2, 0) is 6.54 Å². The van der Waals surface area contributed by atoms with Gasteiger partial charge in [0.25, 0.3) is 0 Å². The van der Waals surface area contributed by atoms with E-state index in [0.717, 1.165) is 16.1 Å². The molecule has 1 N–H and O–H groups in total. The monoisotopic (exact) mass is 352 g/mol. The van der Waals surface area contributed by atoms with Gasteiger partial charge in [0, 0.05) is 28.7 Å². The van der Waals surface area contributed by atoms with E-state index < -0.39 is 16.4 Å². The highest BCUT2D eigenvalue weighted by molar-refractivity contribution is 9.10. The second-order valence-electron chi connectivity index (χ2n) is 4.66. The minimum Gasteiger partial charge on any atom is -0.306 e. The maximum atomic E-state index is 14.0. The van der Waals surface area contributed by atoms with Crippen LogP contribution in [-0.4, -0.2) is 4.92 Å². The molecule has 0 aliphatic carbocycles. The number of rotatable bonds is 5. The van der Waals surface area contributed by atoms with Crippen molar-refractivity contribution in [3.05, 3.63) is 74.0 Å². The molecule has 0 amide bonds. The number of nitro benzene ring substituents is 1. The van der Waals surface area contributed by atoms with Gasteiger partial charge in [-0.25, -0.2) is 0 Å². The zero-order valence-electron chi connectivity index (χ0n) is 11.3. The van der Waals surface area contributed by atoms with E-state index in [0.29, 0.717) is 0 Å². The van der Waals surface area contributed by atoms with Crippen molar-refractivity contribution in [1.29, 1.82) is 0 Å². The topological polar surface area (TPSA) is 55.2 Å². The normalized spacial score (nSPS) is 12.1. The standard InChI is InChI=1S/C15H14BrFN2O2/c1-10(11-4-2-6-13(16)8-11)18-9-12-5-3-7-14(15(12)17)19(20)21/h2-8,10,18H,9H2,1H3/t10-/m0/s1. The van der Waals surface area contributed by atoms with Gasteiger partial charge in [-0.3, -0.25) is 10.1 Å². The smallest absolute Gasteiger partial charge is 0.305 e. The van der Waals surface area contributed by atoms with E-state index in [-0.39, 0.29) is 18.2 Å². The minimum atomic E-state index is -0.781. The van der Waals surface area contributed by atoms with Crippen LogP contribution in [0.3, 0.4) is 0 Å². The average molecular weight is 353 g/mol. The Labute approximate surface area is 130 Å². The van der Waals surface area contributed by atoms with Gasteiger partial charge < -0.3 is 5.32 Å². The molecule has 0 unspecified atom stereocenters. The predicted molar refractivity (Wildman–Crippen MR) is 82.5 cm³/mol. The molecule has 0 aliphatic rings. The largest absolute Gasteiger partial charge is 0.306 e. The molecular formula is C15H14BrFN2O2. The number of hydrogen-bond acceptors (Lipinski definition) is 3. The van der Waals surface area contributed by atoms with Crippen molar-refractivity contribution in [2.24, 2.45) is 0 Å². The molecule has 0 aromatic heterocycles. The SMILES string of the molecule is C[C@H](NCc1cccc([N+](=O)[O-])c1F)c1cccc(Br)c1. The van der Waals surface area contributed by atoms with E-state index in [1.807, 2.05) is 31.2 Å². The van der Waals surface area contributed by atoms with Crippen LogP contribution in [0.1, 0.15) is 24.1 Å². The summed E-state index contributed by atoms with van der Waals surface area (Å²) in [5.41, 5.74) is 0.839. The average Bonchev–Trinajstić information content (AvgIpc) is 2.45. The van der Waals surface area contributed by atoms with Gasteiger partial charge in [-0.2, -0.15) is 4.39 Å².